The Bertz CT molecular complexity index is 768. The molecular weight excluding hydrogens is 318 g/mol. The minimum Gasteiger partial charge on any atom is -0.744 e. The van der Waals surface area contributed by atoms with Gasteiger partial charge >= 0.3 is 0 Å². The molecule has 1 aromatic carbocycles. The second-order valence-electron chi connectivity index (χ2n) is 4.78. The predicted octanol–water partition coefficient (Wildman–Crippen LogP) is 1.36. The van der Waals surface area contributed by atoms with E-state index in [0.717, 1.165) is 0 Å². The number of carbonyl (C=O) groups excluding carboxylic acids is 2. The van der Waals surface area contributed by atoms with Crippen LogP contribution in [0, 0.1) is 0 Å². The fourth-order valence-corrected chi connectivity index (χ4v) is 2.13. The van der Waals surface area contributed by atoms with Crippen molar-refractivity contribution in [3.05, 3.63) is 60.4 Å². The van der Waals surface area contributed by atoms with E-state index in [0.29, 0.717) is 12.1 Å². The summed E-state index contributed by atoms with van der Waals surface area (Å²) in [5, 5.41) is 0. The molecule has 0 amide bonds. The van der Waals surface area contributed by atoms with Crippen molar-refractivity contribution >= 4 is 21.7 Å². The topological polar surface area (TPSA) is 95.2 Å². The first-order chi connectivity index (χ1) is 10.7. The van der Waals surface area contributed by atoms with Crippen LogP contribution in [0.1, 0.15) is 24.2 Å². The Balaban J connectivity index is 0.000000238. The molecular formula is C16H17NO5S. The Morgan fingerprint density at radius 2 is 1.52 bits per heavy atom. The highest BCUT2D eigenvalue weighted by Crippen LogP contribution is 2.05. The van der Waals surface area contributed by atoms with Crippen LogP contribution in [-0.2, 0) is 21.5 Å². The van der Waals surface area contributed by atoms with Crippen LogP contribution in [0.15, 0.2) is 59.8 Å². The normalized spacial score (nSPS) is 10.4. The number of benzene rings is 1. The molecule has 0 aliphatic heterocycles. The van der Waals surface area contributed by atoms with Crippen LogP contribution in [0.3, 0.4) is 0 Å². The van der Waals surface area contributed by atoms with E-state index in [2.05, 4.69) is 0 Å². The maximum absolute atomic E-state index is 10.9. The van der Waals surface area contributed by atoms with E-state index in [1.54, 1.807) is 35.2 Å². The van der Waals surface area contributed by atoms with E-state index < -0.39 is 10.1 Å². The van der Waals surface area contributed by atoms with Gasteiger partial charge in [0.15, 0.2) is 24.0 Å². The third kappa shape index (κ3) is 6.94. The van der Waals surface area contributed by atoms with Crippen molar-refractivity contribution in [2.75, 3.05) is 0 Å². The Hall–Kier alpha value is -2.38. The van der Waals surface area contributed by atoms with Gasteiger partial charge in [-0.2, -0.15) is 4.57 Å². The van der Waals surface area contributed by atoms with Crippen LogP contribution in [0.2, 0.25) is 0 Å². The highest BCUT2D eigenvalue weighted by Gasteiger charge is 2.05. The first-order valence-electron chi connectivity index (χ1n) is 6.70. The molecule has 0 radical (unpaired) electrons. The number of nitrogens with zero attached hydrogens (tertiary/aromatic N) is 1. The van der Waals surface area contributed by atoms with E-state index in [-0.39, 0.29) is 16.5 Å². The Kier molecular flexibility index (Phi) is 6.74. The number of carbonyl (C=O) groups is 2. The molecule has 0 atom stereocenters. The number of Topliss-reactive ketones (excluding diaryl/α,β-unsaturated/α-hetero) is 2. The predicted molar refractivity (Wildman–Crippen MR) is 81.7 cm³/mol. The summed E-state index contributed by atoms with van der Waals surface area (Å²) in [6.45, 7) is 3.41. The van der Waals surface area contributed by atoms with E-state index in [1.807, 2.05) is 0 Å². The zero-order valence-corrected chi connectivity index (χ0v) is 13.6. The SMILES string of the molecule is CC(=O)C[n+]1ccc(C(C)=O)cc1.O=S(=O)([O-])c1ccccc1. The van der Waals surface area contributed by atoms with Gasteiger partial charge in [0.05, 0.1) is 4.90 Å². The lowest BCUT2D eigenvalue weighted by Gasteiger charge is -2.04. The molecule has 23 heavy (non-hydrogen) atoms. The lowest BCUT2D eigenvalue weighted by Crippen LogP contribution is -2.36. The molecule has 1 aromatic heterocycles. The summed E-state index contributed by atoms with van der Waals surface area (Å²) in [6.07, 6.45) is 3.47. The summed E-state index contributed by atoms with van der Waals surface area (Å²) in [5.74, 6) is 0.135. The van der Waals surface area contributed by atoms with Gasteiger partial charge in [0, 0.05) is 24.6 Å². The molecule has 0 saturated carbocycles. The molecule has 0 N–H and O–H groups in total. The van der Waals surface area contributed by atoms with E-state index in [1.165, 1.54) is 38.1 Å². The molecule has 2 aromatic rings. The van der Waals surface area contributed by atoms with Crippen molar-refractivity contribution in [3.8, 4) is 0 Å². The van der Waals surface area contributed by atoms with Crippen LogP contribution in [0.4, 0.5) is 0 Å². The maximum Gasteiger partial charge on any atom is 0.206 e. The van der Waals surface area contributed by atoms with Gasteiger partial charge in [0.25, 0.3) is 0 Å². The average molecular weight is 335 g/mol. The van der Waals surface area contributed by atoms with E-state index in [4.69, 9.17) is 0 Å². The molecule has 0 saturated heterocycles. The number of ketones is 2. The number of hydrogen-bond acceptors (Lipinski definition) is 5. The minimum atomic E-state index is -4.25. The highest BCUT2D eigenvalue weighted by atomic mass is 32.2. The summed E-state index contributed by atoms with van der Waals surface area (Å²) >= 11 is 0. The van der Waals surface area contributed by atoms with Crippen molar-refractivity contribution in [1.82, 2.24) is 0 Å². The average Bonchev–Trinajstić information content (AvgIpc) is 2.48. The van der Waals surface area contributed by atoms with Gasteiger partial charge in [-0.3, -0.25) is 9.59 Å². The number of hydrogen-bond donors (Lipinski definition) is 0. The molecule has 0 spiro atoms. The lowest BCUT2D eigenvalue weighted by atomic mass is 10.2. The summed E-state index contributed by atoms with van der Waals surface area (Å²) in [7, 11) is -4.25. The third-order valence-electron chi connectivity index (χ3n) is 2.73. The molecule has 7 heteroatoms. The quantitative estimate of drug-likeness (QED) is 0.477. The Morgan fingerprint density at radius 3 is 1.87 bits per heavy atom. The fourth-order valence-electron chi connectivity index (χ4n) is 1.64. The molecule has 0 aliphatic carbocycles. The Morgan fingerprint density at radius 1 is 1.00 bits per heavy atom. The highest BCUT2D eigenvalue weighted by molar-refractivity contribution is 7.85. The van der Waals surface area contributed by atoms with Gasteiger partial charge < -0.3 is 4.55 Å². The van der Waals surface area contributed by atoms with Crippen LogP contribution in [0.25, 0.3) is 0 Å². The lowest BCUT2D eigenvalue weighted by molar-refractivity contribution is -0.684. The van der Waals surface area contributed by atoms with Gasteiger partial charge in [0.2, 0.25) is 6.54 Å². The monoisotopic (exact) mass is 335 g/mol. The van der Waals surface area contributed by atoms with Gasteiger partial charge in [-0.15, -0.1) is 0 Å². The summed E-state index contributed by atoms with van der Waals surface area (Å²) in [5.41, 5.74) is 0.666. The number of rotatable bonds is 4. The van der Waals surface area contributed by atoms with Crippen molar-refractivity contribution < 1.29 is 27.1 Å². The second-order valence-corrected chi connectivity index (χ2v) is 6.16. The van der Waals surface area contributed by atoms with Crippen LogP contribution < -0.4 is 4.57 Å². The summed E-state index contributed by atoms with van der Waals surface area (Å²) < 4.78 is 32.6. The van der Waals surface area contributed by atoms with Crippen molar-refractivity contribution in [3.63, 3.8) is 0 Å². The van der Waals surface area contributed by atoms with Crippen LogP contribution in [0.5, 0.6) is 0 Å². The zero-order valence-electron chi connectivity index (χ0n) is 12.8. The summed E-state index contributed by atoms with van der Waals surface area (Å²) in [4.78, 5) is 21.5. The van der Waals surface area contributed by atoms with E-state index in [9.17, 15) is 22.6 Å². The van der Waals surface area contributed by atoms with Crippen molar-refractivity contribution in [2.45, 2.75) is 25.3 Å². The van der Waals surface area contributed by atoms with Crippen LogP contribution in [-0.4, -0.2) is 24.5 Å². The third-order valence-corrected chi connectivity index (χ3v) is 3.58. The van der Waals surface area contributed by atoms with Gasteiger partial charge in [-0.1, -0.05) is 18.2 Å². The molecule has 122 valence electrons. The number of pyridine rings is 1. The summed E-state index contributed by atoms with van der Waals surface area (Å²) in [6, 6.07) is 10.6. The second kappa shape index (κ2) is 8.30. The first kappa shape index (κ1) is 18.7. The standard InChI is InChI=1S/C10H12NO2.C6H6O3S/c1-8(12)7-11-5-3-10(4-6-11)9(2)13;7-10(8,9)6-4-2-1-3-5-6/h3-6H,7H2,1-2H3;1-5H,(H,7,8,9)/q+1;/p-1. The molecule has 1 heterocycles. The molecule has 0 unspecified atom stereocenters. The van der Waals surface area contributed by atoms with Gasteiger partial charge in [-0.05, 0) is 19.1 Å². The molecule has 0 aliphatic rings. The number of aromatic nitrogens is 1. The smallest absolute Gasteiger partial charge is 0.206 e. The molecule has 2 rings (SSSR count). The molecule has 6 nitrogen and oxygen atoms in total. The van der Waals surface area contributed by atoms with Gasteiger partial charge in [0.1, 0.15) is 10.1 Å². The minimum absolute atomic E-state index is 0.0370. The first-order valence-corrected chi connectivity index (χ1v) is 8.11. The largest absolute Gasteiger partial charge is 0.744 e. The molecule has 0 fully saturated rings. The fraction of sp³-hybridized carbons (Fsp3) is 0.188. The Labute approximate surface area is 135 Å². The van der Waals surface area contributed by atoms with Gasteiger partial charge in [-0.25, -0.2) is 8.42 Å². The van der Waals surface area contributed by atoms with Crippen molar-refractivity contribution in [2.24, 2.45) is 0 Å². The zero-order chi connectivity index (χ0) is 17.5. The van der Waals surface area contributed by atoms with Crippen LogP contribution >= 0.6 is 0 Å². The van der Waals surface area contributed by atoms with E-state index >= 15 is 0 Å². The maximum atomic E-state index is 10.9. The van der Waals surface area contributed by atoms with Crippen molar-refractivity contribution in [1.29, 1.82) is 0 Å². The molecule has 0 bridgehead atoms.